The molecule has 0 amide bonds. The molecule has 1 heterocycles. The Hall–Kier alpha value is -4.93. The van der Waals surface area contributed by atoms with Crippen LogP contribution in [-0.2, 0) is 6.61 Å². The summed E-state index contributed by atoms with van der Waals surface area (Å²) in [4.78, 5) is 18.1. The molecule has 0 aliphatic carbocycles. The SMILES string of the molecule is CCOc1cc(C=Nn2c(-c3ccccc3)nc3ccccc3c2=O)cc(Cl)c1OCc1ccccc1C#N. The van der Waals surface area contributed by atoms with E-state index in [0.717, 1.165) is 11.1 Å². The lowest BCUT2D eigenvalue weighted by Gasteiger charge is -2.15. The monoisotopic (exact) mass is 534 g/mol. The molecule has 0 saturated carbocycles. The van der Waals surface area contributed by atoms with Gasteiger partial charge in [-0.15, -0.1) is 0 Å². The summed E-state index contributed by atoms with van der Waals surface area (Å²) in [6.45, 7) is 2.39. The molecule has 1 aromatic heterocycles. The number of rotatable bonds is 8. The second-order valence-corrected chi connectivity index (χ2v) is 8.91. The van der Waals surface area contributed by atoms with Crippen molar-refractivity contribution in [3.63, 3.8) is 0 Å². The molecule has 0 fully saturated rings. The van der Waals surface area contributed by atoms with Gasteiger partial charge in [-0.2, -0.15) is 15.0 Å². The van der Waals surface area contributed by atoms with Gasteiger partial charge < -0.3 is 9.47 Å². The summed E-state index contributed by atoms with van der Waals surface area (Å²) >= 11 is 6.62. The third-order valence-corrected chi connectivity index (χ3v) is 6.23. The Balaban J connectivity index is 1.53. The number of para-hydroxylation sites is 1. The zero-order valence-electron chi connectivity index (χ0n) is 21.0. The molecule has 5 aromatic rings. The van der Waals surface area contributed by atoms with Gasteiger partial charge in [0.15, 0.2) is 17.3 Å². The average molecular weight is 535 g/mol. The van der Waals surface area contributed by atoms with E-state index in [1.165, 1.54) is 10.9 Å². The molecule has 0 radical (unpaired) electrons. The van der Waals surface area contributed by atoms with Crippen LogP contribution in [0.4, 0.5) is 0 Å². The van der Waals surface area contributed by atoms with Crippen molar-refractivity contribution in [3.05, 3.63) is 123 Å². The first-order valence-corrected chi connectivity index (χ1v) is 12.7. The summed E-state index contributed by atoms with van der Waals surface area (Å²) in [5.41, 5.74) is 2.93. The summed E-state index contributed by atoms with van der Waals surface area (Å²) in [6, 6.07) is 29.4. The van der Waals surface area contributed by atoms with Crippen molar-refractivity contribution in [2.45, 2.75) is 13.5 Å². The predicted molar refractivity (Wildman–Crippen MR) is 153 cm³/mol. The molecule has 4 aromatic carbocycles. The number of fused-ring (bicyclic) bond motifs is 1. The van der Waals surface area contributed by atoms with Crippen LogP contribution in [0.15, 0.2) is 101 Å². The van der Waals surface area contributed by atoms with Crippen LogP contribution in [-0.4, -0.2) is 22.5 Å². The number of aromatic nitrogens is 2. The van der Waals surface area contributed by atoms with Gasteiger partial charge in [0.2, 0.25) is 0 Å². The largest absolute Gasteiger partial charge is 0.490 e. The molecule has 0 aliphatic rings. The molecule has 39 heavy (non-hydrogen) atoms. The topological polar surface area (TPSA) is 89.5 Å². The third kappa shape index (κ3) is 5.52. The zero-order valence-corrected chi connectivity index (χ0v) is 21.8. The van der Waals surface area contributed by atoms with Crippen molar-refractivity contribution in [3.8, 4) is 29.0 Å². The van der Waals surface area contributed by atoms with E-state index in [1.54, 1.807) is 42.5 Å². The second-order valence-electron chi connectivity index (χ2n) is 8.50. The normalized spacial score (nSPS) is 11.0. The first-order chi connectivity index (χ1) is 19.1. The first-order valence-electron chi connectivity index (χ1n) is 12.3. The molecule has 8 heteroatoms. The number of hydrogen-bond donors (Lipinski definition) is 0. The molecule has 0 atom stereocenters. The van der Waals surface area contributed by atoms with Crippen LogP contribution in [0, 0.1) is 11.3 Å². The van der Waals surface area contributed by atoms with Crippen LogP contribution < -0.4 is 15.0 Å². The lowest BCUT2D eigenvalue weighted by Crippen LogP contribution is -2.20. The summed E-state index contributed by atoms with van der Waals surface area (Å²) in [6.07, 6.45) is 1.54. The second kappa shape index (κ2) is 11.6. The van der Waals surface area contributed by atoms with E-state index in [1.807, 2.05) is 55.5 Å². The van der Waals surface area contributed by atoms with E-state index in [4.69, 9.17) is 26.1 Å². The van der Waals surface area contributed by atoms with Gasteiger partial charge in [-0.05, 0) is 42.8 Å². The molecule has 0 spiro atoms. The highest BCUT2D eigenvalue weighted by atomic mass is 35.5. The Morgan fingerprint density at radius 3 is 2.54 bits per heavy atom. The van der Waals surface area contributed by atoms with Gasteiger partial charge in [-0.25, -0.2) is 4.98 Å². The number of nitrogens with zero attached hydrogens (tertiary/aromatic N) is 4. The molecule has 0 N–H and O–H groups in total. The third-order valence-electron chi connectivity index (χ3n) is 5.95. The molecule has 5 rings (SSSR count). The van der Waals surface area contributed by atoms with Gasteiger partial charge >= 0.3 is 0 Å². The molecule has 0 saturated heterocycles. The van der Waals surface area contributed by atoms with Crippen LogP contribution in [0.1, 0.15) is 23.6 Å². The fourth-order valence-corrected chi connectivity index (χ4v) is 4.37. The van der Waals surface area contributed by atoms with Crippen molar-refractivity contribution in [2.24, 2.45) is 5.10 Å². The van der Waals surface area contributed by atoms with Crippen molar-refractivity contribution in [1.29, 1.82) is 5.26 Å². The van der Waals surface area contributed by atoms with Gasteiger partial charge in [-0.3, -0.25) is 4.79 Å². The molecular formula is C31H23ClN4O3. The maximum absolute atomic E-state index is 13.4. The highest BCUT2D eigenvalue weighted by molar-refractivity contribution is 6.32. The maximum atomic E-state index is 13.4. The fourth-order valence-electron chi connectivity index (χ4n) is 4.10. The van der Waals surface area contributed by atoms with Crippen LogP contribution in [0.25, 0.3) is 22.3 Å². The van der Waals surface area contributed by atoms with Crippen LogP contribution in [0.2, 0.25) is 5.02 Å². The van der Waals surface area contributed by atoms with E-state index in [2.05, 4.69) is 11.2 Å². The Labute approximate surface area is 230 Å². The van der Waals surface area contributed by atoms with Gasteiger partial charge in [0.25, 0.3) is 5.56 Å². The first kappa shape index (κ1) is 25.7. The van der Waals surface area contributed by atoms with E-state index < -0.39 is 0 Å². The van der Waals surface area contributed by atoms with Crippen LogP contribution >= 0.6 is 11.6 Å². The molecule has 0 bridgehead atoms. The highest BCUT2D eigenvalue weighted by Crippen LogP contribution is 2.37. The van der Waals surface area contributed by atoms with Gasteiger partial charge in [0.05, 0.1) is 40.4 Å². The van der Waals surface area contributed by atoms with Gasteiger partial charge in [0.1, 0.15) is 6.61 Å². The Morgan fingerprint density at radius 1 is 1.00 bits per heavy atom. The minimum Gasteiger partial charge on any atom is -0.490 e. The maximum Gasteiger partial charge on any atom is 0.282 e. The summed E-state index contributed by atoms with van der Waals surface area (Å²) in [5, 5.41) is 14.7. The van der Waals surface area contributed by atoms with E-state index in [-0.39, 0.29) is 12.2 Å². The molecular weight excluding hydrogens is 512 g/mol. The molecule has 7 nitrogen and oxygen atoms in total. The Bertz CT molecular complexity index is 1780. The summed E-state index contributed by atoms with van der Waals surface area (Å²) < 4.78 is 13.1. The van der Waals surface area contributed by atoms with Crippen LogP contribution in [0.5, 0.6) is 11.5 Å². The zero-order chi connectivity index (χ0) is 27.2. The lowest BCUT2D eigenvalue weighted by atomic mass is 10.1. The van der Waals surface area contributed by atoms with Crippen molar-refractivity contribution in [2.75, 3.05) is 6.61 Å². The molecule has 0 aliphatic heterocycles. The van der Waals surface area contributed by atoms with Crippen molar-refractivity contribution in [1.82, 2.24) is 9.66 Å². The fraction of sp³-hybridized carbons (Fsp3) is 0.0968. The predicted octanol–water partition coefficient (Wildman–Crippen LogP) is 6.45. The van der Waals surface area contributed by atoms with Gasteiger partial charge in [0, 0.05) is 11.1 Å². The Morgan fingerprint density at radius 2 is 1.74 bits per heavy atom. The van der Waals surface area contributed by atoms with Crippen molar-refractivity contribution >= 4 is 28.7 Å². The van der Waals surface area contributed by atoms with E-state index >= 15 is 0 Å². The van der Waals surface area contributed by atoms with E-state index in [9.17, 15) is 10.1 Å². The number of hydrogen-bond acceptors (Lipinski definition) is 6. The quantitative estimate of drug-likeness (QED) is 0.213. The van der Waals surface area contributed by atoms with E-state index in [0.29, 0.717) is 51.0 Å². The summed E-state index contributed by atoms with van der Waals surface area (Å²) in [5.74, 6) is 1.20. The number of ether oxygens (including phenoxy) is 2. The minimum atomic E-state index is -0.289. The molecule has 192 valence electrons. The standard InChI is InChI=1S/C31H23ClN4O3/c1-2-38-28-17-21(16-26(32)29(28)39-20-24-13-7-6-12-23(24)18-33)19-34-36-30(22-10-4-3-5-11-22)35-27-15-9-8-14-25(27)31(36)37/h3-17,19H,2,20H2,1H3. The highest BCUT2D eigenvalue weighted by Gasteiger charge is 2.15. The average Bonchev–Trinajstić information content (AvgIpc) is 2.97. The Kier molecular flexibility index (Phi) is 7.67. The summed E-state index contributed by atoms with van der Waals surface area (Å²) in [7, 11) is 0. The number of nitriles is 1. The smallest absolute Gasteiger partial charge is 0.282 e. The minimum absolute atomic E-state index is 0.148. The number of halogens is 1. The van der Waals surface area contributed by atoms with Gasteiger partial charge in [-0.1, -0.05) is 72.3 Å². The van der Waals surface area contributed by atoms with Crippen molar-refractivity contribution < 1.29 is 9.47 Å². The van der Waals surface area contributed by atoms with Crippen LogP contribution in [0.3, 0.4) is 0 Å². The number of benzene rings is 4. The lowest BCUT2D eigenvalue weighted by molar-refractivity contribution is 0.269. The molecule has 0 unspecified atom stereocenters.